The Labute approximate surface area is 145 Å². The summed E-state index contributed by atoms with van der Waals surface area (Å²) in [5.74, 6) is 0.569. The molecule has 0 bridgehead atoms. The lowest BCUT2D eigenvalue weighted by Crippen LogP contribution is -2.31. The van der Waals surface area contributed by atoms with Gasteiger partial charge in [0.25, 0.3) is 5.91 Å². The third-order valence-corrected chi connectivity index (χ3v) is 3.90. The third kappa shape index (κ3) is 4.51. The molecule has 1 N–H and O–H groups in total. The molecule has 116 valence electrons. The van der Waals surface area contributed by atoms with Crippen LogP contribution in [0.3, 0.4) is 0 Å². The molecule has 1 atom stereocenters. The Morgan fingerprint density at radius 3 is 2.41 bits per heavy atom. The van der Waals surface area contributed by atoms with Crippen LogP contribution in [0.1, 0.15) is 18.3 Å². The SMILES string of the molecule is Cc1cc(C)nc(NC(=O)[C@@H](C)Oc2ccc(Br)cc2Br)n1. The first-order valence-electron chi connectivity index (χ1n) is 6.60. The highest BCUT2D eigenvalue weighted by atomic mass is 79.9. The monoisotopic (exact) mass is 427 g/mol. The van der Waals surface area contributed by atoms with Crippen LogP contribution in [0.2, 0.25) is 0 Å². The van der Waals surface area contributed by atoms with E-state index in [1.165, 1.54) is 0 Å². The predicted molar refractivity (Wildman–Crippen MR) is 92.1 cm³/mol. The van der Waals surface area contributed by atoms with E-state index >= 15 is 0 Å². The molecule has 0 aliphatic carbocycles. The first-order valence-corrected chi connectivity index (χ1v) is 8.18. The fourth-order valence-corrected chi connectivity index (χ4v) is 2.95. The standard InChI is InChI=1S/C15H15Br2N3O2/c1-8-6-9(2)19-15(18-8)20-14(21)10(3)22-13-5-4-11(16)7-12(13)17/h4-7,10H,1-3H3,(H,18,19,20,21)/t10-/m1/s1. The summed E-state index contributed by atoms with van der Waals surface area (Å²) in [5, 5.41) is 2.66. The largest absolute Gasteiger partial charge is 0.480 e. The number of nitrogens with one attached hydrogen (secondary N) is 1. The maximum atomic E-state index is 12.2. The number of hydrogen-bond donors (Lipinski definition) is 1. The Morgan fingerprint density at radius 1 is 1.18 bits per heavy atom. The van der Waals surface area contributed by atoms with Gasteiger partial charge in [0.2, 0.25) is 5.95 Å². The lowest BCUT2D eigenvalue weighted by atomic mass is 10.3. The van der Waals surface area contributed by atoms with Gasteiger partial charge in [-0.25, -0.2) is 9.97 Å². The van der Waals surface area contributed by atoms with Crippen LogP contribution in [0.25, 0.3) is 0 Å². The van der Waals surface area contributed by atoms with Crippen LogP contribution in [0.15, 0.2) is 33.2 Å². The van der Waals surface area contributed by atoms with Crippen LogP contribution < -0.4 is 10.1 Å². The zero-order valence-corrected chi connectivity index (χ0v) is 15.5. The molecule has 0 spiro atoms. The fourth-order valence-electron chi connectivity index (χ4n) is 1.81. The molecule has 0 saturated heterocycles. The van der Waals surface area contributed by atoms with Gasteiger partial charge in [-0.3, -0.25) is 10.1 Å². The van der Waals surface area contributed by atoms with Crippen LogP contribution in [-0.2, 0) is 4.79 Å². The summed E-state index contributed by atoms with van der Waals surface area (Å²) in [6.45, 7) is 5.37. The number of carbonyl (C=O) groups excluding carboxylic acids is 1. The normalized spacial score (nSPS) is 11.9. The summed E-state index contributed by atoms with van der Waals surface area (Å²) in [4.78, 5) is 20.5. The van der Waals surface area contributed by atoms with Crippen molar-refractivity contribution in [3.05, 3.63) is 44.6 Å². The van der Waals surface area contributed by atoms with E-state index in [4.69, 9.17) is 4.74 Å². The Bertz CT molecular complexity index is 687. The lowest BCUT2D eigenvalue weighted by Gasteiger charge is -2.15. The van der Waals surface area contributed by atoms with E-state index in [1.807, 2.05) is 32.0 Å². The van der Waals surface area contributed by atoms with Crippen molar-refractivity contribution in [3.8, 4) is 5.75 Å². The molecule has 0 fully saturated rings. The van der Waals surface area contributed by atoms with Crippen molar-refractivity contribution in [1.29, 1.82) is 0 Å². The number of nitrogens with zero attached hydrogens (tertiary/aromatic N) is 2. The quantitative estimate of drug-likeness (QED) is 0.798. The minimum atomic E-state index is -0.679. The molecule has 0 aliphatic heterocycles. The van der Waals surface area contributed by atoms with Crippen LogP contribution in [0.5, 0.6) is 5.75 Å². The molecule has 1 aromatic carbocycles. The summed E-state index contributed by atoms with van der Waals surface area (Å²) in [7, 11) is 0. The van der Waals surface area contributed by atoms with Gasteiger partial charge in [0, 0.05) is 15.9 Å². The number of ether oxygens (including phenoxy) is 1. The van der Waals surface area contributed by atoms with Crippen molar-refractivity contribution in [2.24, 2.45) is 0 Å². The molecule has 7 heteroatoms. The second-order valence-electron chi connectivity index (χ2n) is 4.80. The van der Waals surface area contributed by atoms with Crippen molar-refractivity contribution < 1.29 is 9.53 Å². The smallest absolute Gasteiger partial charge is 0.267 e. The van der Waals surface area contributed by atoms with E-state index in [9.17, 15) is 4.79 Å². The van der Waals surface area contributed by atoms with Crippen molar-refractivity contribution in [1.82, 2.24) is 9.97 Å². The topological polar surface area (TPSA) is 64.1 Å². The number of carbonyl (C=O) groups is 1. The number of aryl methyl sites for hydroxylation is 2. The number of aromatic nitrogens is 2. The molecule has 5 nitrogen and oxygen atoms in total. The van der Waals surface area contributed by atoms with Gasteiger partial charge in [-0.15, -0.1) is 0 Å². The van der Waals surface area contributed by atoms with E-state index in [1.54, 1.807) is 13.0 Å². The van der Waals surface area contributed by atoms with E-state index < -0.39 is 6.10 Å². The van der Waals surface area contributed by atoms with Gasteiger partial charge in [-0.1, -0.05) is 15.9 Å². The Kier molecular flexibility index (Phi) is 5.52. The van der Waals surface area contributed by atoms with Crippen LogP contribution in [0.4, 0.5) is 5.95 Å². The first-order chi connectivity index (χ1) is 10.3. The minimum absolute atomic E-state index is 0.285. The van der Waals surface area contributed by atoms with Gasteiger partial charge < -0.3 is 4.74 Å². The van der Waals surface area contributed by atoms with Gasteiger partial charge >= 0.3 is 0 Å². The number of halogens is 2. The number of anilines is 1. The lowest BCUT2D eigenvalue weighted by molar-refractivity contribution is -0.122. The second-order valence-corrected chi connectivity index (χ2v) is 6.57. The van der Waals surface area contributed by atoms with Gasteiger partial charge in [0.05, 0.1) is 4.47 Å². The van der Waals surface area contributed by atoms with Gasteiger partial charge in [0.15, 0.2) is 6.10 Å². The molecule has 22 heavy (non-hydrogen) atoms. The number of amides is 1. The highest BCUT2D eigenvalue weighted by molar-refractivity contribution is 9.11. The number of rotatable bonds is 4. The van der Waals surface area contributed by atoms with Crippen LogP contribution >= 0.6 is 31.9 Å². The summed E-state index contributed by atoms with van der Waals surface area (Å²) in [6.07, 6.45) is -0.679. The van der Waals surface area contributed by atoms with Crippen molar-refractivity contribution in [3.63, 3.8) is 0 Å². The molecule has 1 aromatic heterocycles. The average molecular weight is 429 g/mol. The molecular formula is C15H15Br2N3O2. The number of benzene rings is 1. The average Bonchev–Trinajstić information content (AvgIpc) is 2.40. The maximum Gasteiger partial charge on any atom is 0.267 e. The molecule has 0 radical (unpaired) electrons. The van der Waals surface area contributed by atoms with Crippen molar-refractivity contribution in [2.75, 3.05) is 5.32 Å². The number of hydrogen-bond acceptors (Lipinski definition) is 4. The summed E-state index contributed by atoms with van der Waals surface area (Å²) < 4.78 is 7.35. The molecule has 1 heterocycles. The molecule has 2 aromatic rings. The predicted octanol–water partition coefficient (Wildman–Crippen LogP) is 4.02. The summed E-state index contributed by atoms with van der Waals surface area (Å²) in [6, 6.07) is 7.32. The molecule has 1 amide bonds. The van der Waals surface area contributed by atoms with E-state index in [2.05, 4.69) is 47.1 Å². The van der Waals surface area contributed by atoms with Gasteiger partial charge in [0.1, 0.15) is 5.75 Å². The molecule has 0 unspecified atom stereocenters. The molecule has 2 rings (SSSR count). The van der Waals surface area contributed by atoms with E-state index in [0.29, 0.717) is 5.75 Å². The Hall–Kier alpha value is -1.47. The zero-order chi connectivity index (χ0) is 16.3. The fraction of sp³-hybridized carbons (Fsp3) is 0.267. The highest BCUT2D eigenvalue weighted by Crippen LogP contribution is 2.29. The van der Waals surface area contributed by atoms with E-state index in [0.717, 1.165) is 20.3 Å². The first kappa shape index (κ1) is 16.9. The molecule has 0 saturated carbocycles. The maximum absolute atomic E-state index is 12.2. The van der Waals surface area contributed by atoms with Gasteiger partial charge in [-0.05, 0) is 61.0 Å². The van der Waals surface area contributed by atoms with Gasteiger partial charge in [-0.2, -0.15) is 0 Å². The molecular weight excluding hydrogens is 414 g/mol. The van der Waals surface area contributed by atoms with Crippen molar-refractivity contribution >= 4 is 43.7 Å². The Balaban J connectivity index is 2.05. The Morgan fingerprint density at radius 2 is 1.82 bits per heavy atom. The van der Waals surface area contributed by atoms with Crippen LogP contribution in [-0.4, -0.2) is 22.0 Å². The highest BCUT2D eigenvalue weighted by Gasteiger charge is 2.17. The summed E-state index contributed by atoms with van der Waals surface area (Å²) >= 11 is 6.77. The molecule has 0 aliphatic rings. The minimum Gasteiger partial charge on any atom is -0.480 e. The second kappa shape index (κ2) is 7.19. The summed E-state index contributed by atoms with van der Waals surface area (Å²) in [5.41, 5.74) is 1.60. The van der Waals surface area contributed by atoms with Crippen molar-refractivity contribution in [2.45, 2.75) is 26.9 Å². The van der Waals surface area contributed by atoms with Crippen LogP contribution in [0, 0.1) is 13.8 Å². The van der Waals surface area contributed by atoms with E-state index in [-0.39, 0.29) is 11.9 Å². The third-order valence-electron chi connectivity index (χ3n) is 2.78. The zero-order valence-electron chi connectivity index (χ0n) is 12.4.